The number of halogens is 2. The van der Waals surface area contributed by atoms with E-state index in [0.717, 1.165) is 0 Å². The van der Waals surface area contributed by atoms with Crippen molar-refractivity contribution in [2.24, 2.45) is 0 Å². The van der Waals surface area contributed by atoms with Crippen molar-refractivity contribution < 1.29 is 19.4 Å². The highest BCUT2D eigenvalue weighted by molar-refractivity contribution is 9.10. The monoisotopic (exact) mass is 448 g/mol. The van der Waals surface area contributed by atoms with E-state index >= 15 is 0 Å². The maximum absolute atomic E-state index is 12.4. The molecule has 3 aromatic rings. The number of esters is 1. The number of pyridine rings is 1. The molecule has 8 heteroatoms. The van der Waals surface area contributed by atoms with Gasteiger partial charge in [-0.2, -0.15) is 0 Å². The summed E-state index contributed by atoms with van der Waals surface area (Å²) in [6.45, 7) is 1.91. The fourth-order valence-corrected chi connectivity index (χ4v) is 3.19. The Morgan fingerprint density at radius 2 is 1.93 bits per heavy atom. The molecule has 0 unspecified atom stereocenters. The molecule has 0 amide bonds. The first kappa shape index (κ1) is 19.1. The van der Waals surface area contributed by atoms with Crippen LogP contribution in [0.1, 0.15) is 27.6 Å². The molecule has 1 heterocycles. The summed E-state index contributed by atoms with van der Waals surface area (Å²) in [6.07, 6.45) is 1.32. The summed E-state index contributed by atoms with van der Waals surface area (Å²) in [4.78, 5) is 28.2. The molecule has 0 spiro atoms. The van der Waals surface area contributed by atoms with Gasteiger partial charge in [-0.25, -0.2) is 9.59 Å². The Morgan fingerprint density at radius 3 is 2.56 bits per heavy atom. The molecule has 0 atom stereocenters. The van der Waals surface area contributed by atoms with Crippen LogP contribution >= 0.6 is 27.5 Å². The summed E-state index contributed by atoms with van der Waals surface area (Å²) < 4.78 is 5.66. The molecule has 0 fully saturated rings. The topological polar surface area (TPSA) is 88.5 Å². The highest BCUT2D eigenvalue weighted by Crippen LogP contribution is 2.34. The lowest BCUT2D eigenvalue weighted by molar-refractivity contribution is 0.0527. The predicted octanol–water partition coefficient (Wildman–Crippen LogP) is 5.27. The lowest BCUT2D eigenvalue weighted by atomic mass is 10.0. The van der Waals surface area contributed by atoms with E-state index in [-0.39, 0.29) is 23.3 Å². The van der Waals surface area contributed by atoms with E-state index < -0.39 is 11.9 Å². The number of carbonyl (C=O) groups is 2. The van der Waals surface area contributed by atoms with Gasteiger partial charge < -0.3 is 15.2 Å². The van der Waals surface area contributed by atoms with Crippen LogP contribution in [-0.4, -0.2) is 28.6 Å². The minimum absolute atomic E-state index is 0.0222. The Labute approximate surface area is 168 Å². The Hall–Kier alpha value is -2.64. The molecule has 0 aliphatic rings. The molecule has 0 radical (unpaired) electrons. The Bertz CT molecular complexity index is 1040. The van der Waals surface area contributed by atoms with Crippen molar-refractivity contribution in [3.8, 4) is 0 Å². The van der Waals surface area contributed by atoms with Gasteiger partial charge in [0.1, 0.15) is 5.56 Å². The molecule has 2 N–H and O–H groups in total. The summed E-state index contributed by atoms with van der Waals surface area (Å²) in [5.74, 6) is -1.67. The van der Waals surface area contributed by atoms with E-state index in [9.17, 15) is 14.7 Å². The van der Waals surface area contributed by atoms with Crippen LogP contribution in [0.5, 0.6) is 0 Å². The lowest BCUT2D eigenvalue weighted by Crippen LogP contribution is -2.10. The van der Waals surface area contributed by atoms with Crippen LogP contribution in [0.3, 0.4) is 0 Å². The van der Waals surface area contributed by atoms with Gasteiger partial charge in [-0.1, -0.05) is 27.5 Å². The third-order valence-corrected chi connectivity index (χ3v) is 4.49. The van der Waals surface area contributed by atoms with Gasteiger partial charge in [-0.15, -0.1) is 0 Å². The van der Waals surface area contributed by atoms with Crippen LogP contribution < -0.4 is 5.32 Å². The molecule has 0 saturated heterocycles. The number of ether oxygens (including phenoxy) is 1. The average Bonchev–Trinajstić information content (AvgIpc) is 2.63. The van der Waals surface area contributed by atoms with Crippen LogP contribution in [0.25, 0.3) is 10.9 Å². The van der Waals surface area contributed by atoms with Gasteiger partial charge in [0.2, 0.25) is 0 Å². The van der Waals surface area contributed by atoms with Crippen molar-refractivity contribution >= 4 is 61.7 Å². The quantitative estimate of drug-likeness (QED) is 0.516. The highest BCUT2D eigenvalue weighted by atomic mass is 79.9. The van der Waals surface area contributed by atoms with E-state index in [1.165, 1.54) is 12.3 Å². The molecule has 1 aromatic heterocycles. The second-order valence-corrected chi connectivity index (χ2v) is 6.91. The number of fused-ring (bicyclic) bond motifs is 1. The van der Waals surface area contributed by atoms with Gasteiger partial charge >= 0.3 is 11.9 Å². The van der Waals surface area contributed by atoms with E-state index in [2.05, 4.69) is 26.2 Å². The second kappa shape index (κ2) is 7.94. The molecule has 2 aromatic carbocycles. The Morgan fingerprint density at radius 1 is 1.22 bits per heavy atom. The summed E-state index contributed by atoms with van der Waals surface area (Å²) in [5, 5.41) is 13.7. The standard InChI is InChI=1S/C19H14BrClN2O4/c1-2-27-19(26)15-9-22-16-13(7-10(20)8-14(16)18(24)25)17(15)23-12-5-3-11(21)4-6-12/h3-9H,2H2,1H3,(H,22,23)(H,24,25). The van der Waals surface area contributed by atoms with Crippen molar-refractivity contribution in [3.63, 3.8) is 0 Å². The molecule has 138 valence electrons. The number of nitrogens with zero attached hydrogens (tertiary/aromatic N) is 1. The summed E-state index contributed by atoms with van der Waals surface area (Å²) in [6, 6.07) is 10.1. The normalized spacial score (nSPS) is 10.6. The molecule has 0 aliphatic heterocycles. The number of anilines is 2. The fourth-order valence-electron chi connectivity index (χ4n) is 2.61. The Balaban J connectivity index is 2.26. The Kier molecular flexibility index (Phi) is 5.62. The second-order valence-electron chi connectivity index (χ2n) is 5.55. The number of nitrogens with one attached hydrogen (secondary N) is 1. The van der Waals surface area contributed by atoms with Crippen LogP contribution in [-0.2, 0) is 4.74 Å². The zero-order chi connectivity index (χ0) is 19.6. The first-order valence-corrected chi connectivity index (χ1v) is 9.13. The molecule has 6 nitrogen and oxygen atoms in total. The average molecular weight is 450 g/mol. The smallest absolute Gasteiger partial charge is 0.341 e. The van der Waals surface area contributed by atoms with Crippen molar-refractivity contribution in [1.29, 1.82) is 0 Å². The summed E-state index contributed by atoms with van der Waals surface area (Å²) in [7, 11) is 0. The molecule has 0 aliphatic carbocycles. The van der Waals surface area contributed by atoms with Gasteiger partial charge in [-0.3, -0.25) is 4.98 Å². The van der Waals surface area contributed by atoms with Crippen molar-refractivity contribution in [3.05, 3.63) is 63.2 Å². The van der Waals surface area contributed by atoms with E-state index in [4.69, 9.17) is 16.3 Å². The number of rotatable bonds is 5. The SMILES string of the molecule is CCOC(=O)c1cnc2c(C(=O)O)cc(Br)cc2c1Nc1ccc(Cl)cc1. The van der Waals surface area contributed by atoms with Gasteiger partial charge in [-0.05, 0) is 43.3 Å². The van der Waals surface area contributed by atoms with E-state index in [0.29, 0.717) is 26.3 Å². The third-order valence-electron chi connectivity index (χ3n) is 3.78. The van der Waals surface area contributed by atoms with E-state index in [1.54, 1.807) is 37.3 Å². The fraction of sp³-hybridized carbons (Fsp3) is 0.105. The van der Waals surface area contributed by atoms with Crippen LogP contribution in [0.4, 0.5) is 11.4 Å². The zero-order valence-electron chi connectivity index (χ0n) is 14.1. The molecule has 3 rings (SSSR count). The van der Waals surface area contributed by atoms with E-state index in [1.807, 2.05) is 0 Å². The number of carbonyl (C=O) groups excluding carboxylic acids is 1. The molecule has 0 saturated carbocycles. The number of hydrogen-bond donors (Lipinski definition) is 2. The molecule has 0 bridgehead atoms. The van der Waals surface area contributed by atoms with Crippen LogP contribution in [0, 0.1) is 0 Å². The number of hydrogen-bond acceptors (Lipinski definition) is 5. The largest absolute Gasteiger partial charge is 0.478 e. The molecular formula is C19H14BrClN2O4. The number of carboxylic acid groups (broad SMARTS) is 1. The van der Waals surface area contributed by atoms with Gasteiger partial charge in [0.15, 0.2) is 0 Å². The maximum atomic E-state index is 12.4. The van der Waals surface area contributed by atoms with Gasteiger partial charge in [0.25, 0.3) is 0 Å². The lowest BCUT2D eigenvalue weighted by Gasteiger charge is -2.15. The maximum Gasteiger partial charge on any atom is 0.341 e. The third kappa shape index (κ3) is 4.04. The van der Waals surface area contributed by atoms with Crippen LogP contribution in [0.2, 0.25) is 5.02 Å². The van der Waals surface area contributed by atoms with Crippen molar-refractivity contribution in [2.45, 2.75) is 6.92 Å². The highest BCUT2D eigenvalue weighted by Gasteiger charge is 2.21. The predicted molar refractivity (Wildman–Crippen MR) is 107 cm³/mol. The molecular weight excluding hydrogens is 436 g/mol. The summed E-state index contributed by atoms with van der Waals surface area (Å²) >= 11 is 9.25. The number of aromatic nitrogens is 1. The minimum Gasteiger partial charge on any atom is -0.478 e. The van der Waals surface area contributed by atoms with Crippen molar-refractivity contribution in [2.75, 3.05) is 11.9 Å². The van der Waals surface area contributed by atoms with Crippen molar-refractivity contribution in [1.82, 2.24) is 4.98 Å². The van der Waals surface area contributed by atoms with Crippen LogP contribution in [0.15, 0.2) is 47.1 Å². The molecule has 27 heavy (non-hydrogen) atoms. The minimum atomic E-state index is -1.12. The number of aromatic carboxylic acids is 1. The first-order chi connectivity index (χ1) is 12.9. The zero-order valence-corrected chi connectivity index (χ0v) is 16.5. The first-order valence-electron chi connectivity index (χ1n) is 7.96. The van der Waals surface area contributed by atoms with Gasteiger partial charge in [0, 0.05) is 26.8 Å². The number of benzene rings is 2. The summed E-state index contributed by atoms with van der Waals surface area (Å²) in [5.41, 5.74) is 1.57. The number of carboxylic acids is 1. The van der Waals surface area contributed by atoms with Gasteiger partial charge in [0.05, 0.1) is 23.4 Å².